The van der Waals surface area contributed by atoms with Gasteiger partial charge in [-0.15, -0.1) is 0 Å². The van der Waals surface area contributed by atoms with Gasteiger partial charge in [-0.1, -0.05) is 0 Å². The zero-order valence-corrected chi connectivity index (χ0v) is 4.80. The number of hydrogen-bond donors (Lipinski definition) is 2. The molecule has 0 atom stereocenters. The second-order valence-corrected chi connectivity index (χ2v) is 0. The first kappa shape index (κ1) is 8.95. The Morgan fingerprint density at radius 1 is 1.50 bits per heavy atom. The normalized spacial score (nSPS) is 3.25. The van der Waals surface area contributed by atoms with Crippen molar-refractivity contribution in [2.24, 2.45) is 5.90 Å². The van der Waals surface area contributed by atoms with E-state index < -0.39 is 0 Å². The molecular formula is H3CuINO. The minimum atomic E-state index is 1.71. The van der Waals surface area contributed by atoms with Crippen molar-refractivity contribution >= 4 is 20.3 Å². The van der Waals surface area contributed by atoms with E-state index in [-0.39, 0.29) is 0 Å². The third kappa shape index (κ3) is 10.9. The van der Waals surface area contributed by atoms with Gasteiger partial charge in [-0.3, -0.25) is 0 Å². The van der Waals surface area contributed by atoms with E-state index >= 15 is 0 Å². The number of hydrogen-bond acceptors (Lipinski definition) is 2. The molecule has 2 nitrogen and oxygen atoms in total. The molecular weight excluding hydrogens is 220 g/mol. The molecule has 0 aliphatic carbocycles. The van der Waals surface area contributed by atoms with Crippen LogP contribution in [0.5, 0.6) is 0 Å². The number of rotatable bonds is 0. The molecule has 0 saturated carbocycles. The maximum absolute atomic E-state index is 6.50. The standard InChI is InChI=1S/Cu.HI.H3NO/c;;1-2/h;1H;2H,1H2/q+1;;/p-1. The number of halogens is 1. The first-order valence-corrected chi connectivity index (χ1v) is 3.41. The zero-order chi connectivity index (χ0) is 4.00. The van der Waals surface area contributed by atoms with Crippen molar-refractivity contribution in [1.29, 1.82) is 0 Å². The molecule has 3 N–H and O–H groups in total. The van der Waals surface area contributed by atoms with E-state index in [4.69, 9.17) is 5.21 Å². The maximum atomic E-state index is 6.50. The van der Waals surface area contributed by atoms with Crippen LogP contribution < -0.4 is 5.90 Å². The van der Waals surface area contributed by atoms with E-state index in [1.54, 1.807) is 20.3 Å². The van der Waals surface area contributed by atoms with E-state index in [0.29, 0.717) is 0 Å². The molecule has 0 amide bonds. The van der Waals surface area contributed by atoms with Crippen LogP contribution >= 0.6 is 20.3 Å². The summed E-state index contributed by atoms with van der Waals surface area (Å²) in [4.78, 5) is 0. The summed E-state index contributed by atoms with van der Waals surface area (Å²) in [5, 5.41) is 6.50. The monoisotopic (exact) mass is 223 g/mol. The molecule has 0 aromatic carbocycles. The van der Waals surface area contributed by atoms with Gasteiger partial charge in [0.05, 0.1) is 0 Å². The molecule has 0 unspecified atom stereocenters. The summed E-state index contributed by atoms with van der Waals surface area (Å²) in [7, 11) is 0. The van der Waals surface area contributed by atoms with Crippen LogP contribution in [0.2, 0.25) is 0 Å². The molecule has 0 rings (SSSR count). The molecule has 0 aliphatic rings. The van der Waals surface area contributed by atoms with Crippen LogP contribution in [-0.2, 0) is 12.8 Å². The van der Waals surface area contributed by atoms with E-state index in [9.17, 15) is 0 Å². The minimum absolute atomic E-state index is 1.71. The van der Waals surface area contributed by atoms with Gasteiger partial charge in [-0.25, -0.2) is 5.90 Å². The van der Waals surface area contributed by atoms with Crippen molar-refractivity contribution in [3.63, 3.8) is 0 Å². The van der Waals surface area contributed by atoms with Gasteiger partial charge in [-0.05, 0) is 0 Å². The quantitative estimate of drug-likeness (QED) is 0.351. The van der Waals surface area contributed by atoms with E-state index in [2.05, 4.69) is 18.7 Å². The average Bonchev–Trinajstić information content (AvgIpc) is 1.50. The van der Waals surface area contributed by atoms with Crippen molar-refractivity contribution in [2.45, 2.75) is 0 Å². The summed E-state index contributed by atoms with van der Waals surface area (Å²) in [6.07, 6.45) is 0. The van der Waals surface area contributed by atoms with Gasteiger partial charge in [0.15, 0.2) is 0 Å². The second kappa shape index (κ2) is 30.6. The van der Waals surface area contributed by atoms with E-state index in [1.165, 1.54) is 0 Å². The van der Waals surface area contributed by atoms with Gasteiger partial charge in [-0.2, -0.15) is 0 Å². The summed E-state index contributed by atoms with van der Waals surface area (Å²) < 4.78 is 0. The number of nitrogens with two attached hydrogens (primary N) is 1. The van der Waals surface area contributed by atoms with Gasteiger partial charge in [0.2, 0.25) is 0 Å². The molecule has 0 aromatic rings. The van der Waals surface area contributed by atoms with Crippen LogP contribution in [0.15, 0.2) is 0 Å². The van der Waals surface area contributed by atoms with Gasteiger partial charge in [0, 0.05) is 0 Å². The summed E-state index contributed by atoms with van der Waals surface area (Å²) in [6, 6.07) is 0. The van der Waals surface area contributed by atoms with Crippen LogP contribution in [0.1, 0.15) is 0 Å². The van der Waals surface area contributed by atoms with Crippen molar-refractivity contribution < 1.29 is 18.0 Å². The molecule has 0 fully saturated rings. The predicted molar refractivity (Wildman–Crippen MR) is 20.0 cm³/mol. The van der Waals surface area contributed by atoms with Gasteiger partial charge >= 0.3 is 33.1 Å². The fourth-order valence-electron chi connectivity index (χ4n) is 0. The predicted octanol–water partition coefficient (Wildman–Crippen LogP) is 0.218. The summed E-state index contributed by atoms with van der Waals surface area (Å²) in [5.74, 6) is 3.50. The first-order valence-electron chi connectivity index (χ1n) is 0.372. The van der Waals surface area contributed by atoms with E-state index in [1.807, 2.05) is 0 Å². The Bertz CT molecular complexity index is 8.00. The van der Waals surface area contributed by atoms with Crippen LogP contribution in [0.3, 0.4) is 0 Å². The zero-order valence-electron chi connectivity index (χ0n) is 1.70. The second-order valence-electron chi connectivity index (χ2n) is 0. The van der Waals surface area contributed by atoms with Crippen LogP contribution in [0.25, 0.3) is 0 Å². The fraction of sp³-hybridized carbons (Fsp3) is 0. The first-order chi connectivity index (χ1) is 2.00. The Balaban J connectivity index is 0. The summed E-state index contributed by atoms with van der Waals surface area (Å²) >= 11 is 5.87. The Morgan fingerprint density at radius 3 is 1.50 bits per heavy atom. The Morgan fingerprint density at radius 2 is 1.50 bits per heavy atom. The van der Waals surface area contributed by atoms with Crippen molar-refractivity contribution in [3.8, 4) is 0 Å². The Kier molecular flexibility index (Phi) is 68.5. The topological polar surface area (TPSA) is 46.2 Å². The van der Waals surface area contributed by atoms with Crippen LogP contribution in [0, 0.1) is 0 Å². The van der Waals surface area contributed by atoms with Crippen LogP contribution in [-0.4, -0.2) is 5.21 Å². The average molecular weight is 223 g/mol. The molecule has 32 valence electrons. The third-order valence-corrected chi connectivity index (χ3v) is 0. The molecule has 4 heavy (non-hydrogen) atoms. The van der Waals surface area contributed by atoms with Gasteiger partial charge in [0.1, 0.15) is 0 Å². The SMILES string of the molecule is NO.[Cu][I]. The molecule has 4 heteroatoms. The van der Waals surface area contributed by atoms with Gasteiger partial charge in [0.25, 0.3) is 0 Å². The third-order valence-electron chi connectivity index (χ3n) is 0. The van der Waals surface area contributed by atoms with Gasteiger partial charge < -0.3 is 5.21 Å². The molecule has 0 aliphatic heterocycles. The molecule has 0 radical (unpaired) electrons. The Hall–Kier alpha value is 1.17. The van der Waals surface area contributed by atoms with Crippen molar-refractivity contribution in [3.05, 3.63) is 0 Å². The van der Waals surface area contributed by atoms with Crippen molar-refractivity contribution in [2.75, 3.05) is 0 Å². The Labute approximate surface area is 44.3 Å². The molecule has 0 saturated heterocycles. The summed E-state index contributed by atoms with van der Waals surface area (Å²) in [5.41, 5.74) is 0. The van der Waals surface area contributed by atoms with Crippen molar-refractivity contribution in [1.82, 2.24) is 0 Å². The fourth-order valence-corrected chi connectivity index (χ4v) is 0. The molecule has 0 spiro atoms. The van der Waals surface area contributed by atoms with Crippen LogP contribution in [0.4, 0.5) is 0 Å². The van der Waals surface area contributed by atoms with E-state index in [0.717, 1.165) is 0 Å². The molecule has 0 aromatic heterocycles. The molecule has 0 bridgehead atoms. The molecule has 0 heterocycles. The summed E-state index contributed by atoms with van der Waals surface area (Å²) in [6.45, 7) is 0.